The highest BCUT2D eigenvalue weighted by atomic mass is 16.4. The van der Waals surface area contributed by atoms with Crippen molar-refractivity contribution in [2.24, 2.45) is 0 Å². The van der Waals surface area contributed by atoms with Crippen LogP contribution in [0.25, 0.3) is 22.3 Å². The van der Waals surface area contributed by atoms with Crippen molar-refractivity contribution in [3.63, 3.8) is 0 Å². The molecule has 4 heteroatoms. The molecule has 0 aliphatic rings. The van der Waals surface area contributed by atoms with Gasteiger partial charge in [-0.25, -0.2) is 9.78 Å². The van der Waals surface area contributed by atoms with Crippen molar-refractivity contribution in [1.29, 1.82) is 0 Å². The maximum Gasteiger partial charge on any atom is 0.336 e. The minimum Gasteiger partial charge on any atom is -0.478 e. The Morgan fingerprint density at radius 1 is 1.13 bits per heavy atom. The van der Waals surface area contributed by atoms with Gasteiger partial charge in [0.15, 0.2) is 0 Å². The molecule has 2 heterocycles. The molecule has 1 N–H and O–H groups in total. The summed E-state index contributed by atoms with van der Waals surface area (Å²) in [6.45, 7) is 2.14. The Labute approximate surface area is 134 Å². The molecule has 0 spiro atoms. The van der Waals surface area contributed by atoms with Crippen molar-refractivity contribution in [3.8, 4) is 11.4 Å². The first-order chi connectivity index (χ1) is 11.2. The van der Waals surface area contributed by atoms with Gasteiger partial charge in [-0.05, 0) is 48.7 Å². The average Bonchev–Trinajstić information content (AvgIpc) is 2.59. The lowest BCUT2D eigenvalue weighted by Crippen LogP contribution is -2.01. The molecule has 2 aromatic heterocycles. The first-order valence-corrected chi connectivity index (χ1v) is 7.77. The van der Waals surface area contributed by atoms with Gasteiger partial charge in [-0.3, -0.25) is 4.98 Å². The van der Waals surface area contributed by atoms with Crippen LogP contribution in [-0.2, 0) is 6.42 Å². The topological polar surface area (TPSA) is 63.1 Å². The summed E-state index contributed by atoms with van der Waals surface area (Å²) in [5.41, 5.74) is 3.36. The second-order valence-electron chi connectivity index (χ2n) is 5.53. The number of aryl methyl sites for hydroxylation is 1. The van der Waals surface area contributed by atoms with Crippen LogP contribution < -0.4 is 0 Å². The maximum atomic E-state index is 11.7. The third-order valence-corrected chi connectivity index (χ3v) is 3.85. The zero-order valence-electron chi connectivity index (χ0n) is 13.0. The molecule has 0 fully saturated rings. The third-order valence-electron chi connectivity index (χ3n) is 3.85. The molecule has 0 saturated carbocycles. The molecule has 116 valence electrons. The molecular weight excluding hydrogens is 288 g/mol. The Hall–Kier alpha value is -2.75. The number of pyridine rings is 2. The molecule has 0 atom stereocenters. The van der Waals surface area contributed by atoms with Crippen LogP contribution in [0, 0.1) is 0 Å². The lowest BCUT2D eigenvalue weighted by molar-refractivity contribution is 0.0699. The Morgan fingerprint density at radius 3 is 2.70 bits per heavy atom. The number of carbonyl (C=O) groups is 1. The predicted molar refractivity (Wildman–Crippen MR) is 90.5 cm³/mol. The number of rotatable bonds is 5. The fraction of sp³-hybridized carbons (Fsp3) is 0.211. The van der Waals surface area contributed by atoms with Gasteiger partial charge in [-0.15, -0.1) is 0 Å². The summed E-state index contributed by atoms with van der Waals surface area (Å²) in [5.74, 6) is -0.942. The Kier molecular flexibility index (Phi) is 4.33. The van der Waals surface area contributed by atoms with E-state index in [1.807, 2.05) is 36.4 Å². The lowest BCUT2D eigenvalue weighted by atomic mass is 10.0. The number of carboxylic acids is 1. The molecule has 0 unspecified atom stereocenters. The Balaban J connectivity index is 2.15. The number of unbranched alkanes of at least 4 members (excludes halogenated alkanes) is 1. The van der Waals surface area contributed by atoms with Crippen LogP contribution in [0.5, 0.6) is 0 Å². The van der Waals surface area contributed by atoms with Crippen LogP contribution in [0.3, 0.4) is 0 Å². The molecular formula is C19H18N2O2. The second kappa shape index (κ2) is 6.57. The summed E-state index contributed by atoms with van der Waals surface area (Å²) in [4.78, 5) is 20.5. The number of aromatic nitrogens is 2. The van der Waals surface area contributed by atoms with E-state index in [9.17, 15) is 9.90 Å². The largest absolute Gasteiger partial charge is 0.478 e. The Bertz CT molecular complexity index is 845. The maximum absolute atomic E-state index is 11.7. The average molecular weight is 306 g/mol. The van der Waals surface area contributed by atoms with E-state index in [4.69, 9.17) is 0 Å². The van der Waals surface area contributed by atoms with Crippen molar-refractivity contribution in [1.82, 2.24) is 9.97 Å². The summed E-state index contributed by atoms with van der Waals surface area (Å²) in [5, 5.41) is 10.3. The van der Waals surface area contributed by atoms with E-state index in [0.717, 1.165) is 24.8 Å². The van der Waals surface area contributed by atoms with Gasteiger partial charge in [0.2, 0.25) is 0 Å². The van der Waals surface area contributed by atoms with Crippen LogP contribution in [0.1, 0.15) is 35.7 Å². The van der Waals surface area contributed by atoms with Crippen molar-refractivity contribution in [2.75, 3.05) is 0 Å². The summed E-state index contributed by atoms with van der Waals surface area (Å²) < 4.78 is 0. The van der Waals surface area contributed by atoms with Crippen LogP contribution in [0.4, 0.5) is 0 Å². The molecule has 3 aromatic rings. The SMILES string of the molecule is CCCCc1ccc2nc(-c3ccccn3)cc(C(=O)O)c2c1. The summed E-state index contributed by atoms with van der Waals surface area (Å²) in [7, 11) is 0. The van der Waals surface area contributed by atoms with Crippen molar-refractivity contribution in [3.05, 3.63) is 59.8 Å². The highest BCUT2D eigenvalue weighted by Gasteiger charge is 2.14. The van der Waals surface area contributed by atoms with E-state index >= 15 is 0 Å². The van der Waals surface area contributed by atoms with E-state index in [2.05, 4.69) is 16.9 Å². The molecule has 4 nitrogen and oxygen atoms in total. The lowest BCUT2D eigenvalue weighted by Gasteiger charge is -2.08. The fourth-order valence-corrected chi connectivity index (χ4v) is 2.63. The molecule has 0 amide bonds. The van der Waals surface area contributed by atoms with Gasteiger partial charge >= 0.3 is 5.97 Å². The van der Waals surface area contributed by atoms with Crippen LogP contribution in [0.2, 0.25) is 0 Å². The number of fused-ring (bicyclic) bond motifs is 1. The number of carboxylic acid groups (broad SMARTS) is 1. The molecule has 0 saturated heterocycles. The normalized spacial score (nSPS) is 10.8. The molecule has 1 aromatic carbocycles. The van der Waals surface area contributed by atoms with Crippen LogP contribution in [-0.4, -0.2) is 21.0 Å². The smallest absolute Gasteiger partial charge is 0.336 e. The first-order valence-electron chi connectivity index (χ1n) is 7.77. The molecule has 0 radical (unpaired) electrons. The predicted octanol–water partition coefficient (Wildman–Crippen LogP) is 4.34. The molecule has 0 bridgehead atoms. The highest BCUT2D eigenvalue weighted by molar-refractivity contribution is 6.03. The van der Waals surface area contributed by atoms with Crippen molar-refractivity contribution >= 4 is 16.9 Å². The number of hydrogen-bond acceptors (Lipinski definition) is 3. The minimum absolute atomic E-state index is 0.272. The summed E-state index contributed by atoms with van der Waals surface area (Å²) in [6, 6.07) is 13.0. The minimum atomic E-state index is -0.942. The van der Waals surface area contributed by atoms with Gasteiger partial charge < -0.3 is 5.11 Å². The van der Waals surface area contributed by atoms with E-state index in [0.29, 0.717) is 22.3 Å². The summed E-state index contributed by atoms with van der Waals surface area (Å²) >= 11 is 0. The van der Waals surface area contributed by atoms with Gasteiger partial charge in [0.1, 0.15) is 0 Å². The van der Waals surface area contributed by atoms with Crippen LogP contribution in [0.15, 0.2) is 48.7 Å². The standard InChI is InChI=1S/C19H18N2O2/c1-2-3-6-13-8-9-16-14(11-13)15(19(22)23)12-18(21-16)17-7-4-5-10-20-17/h4-5,7-12H,2-3,6H2,1H3,(H,22,23). The van der Waals surface area contributed by atoms with Crippen molar-refractivity contribution in [2.45, 2.75) is 26.2 Å². The zero-order valence-corrected chi connectivity index (χ0v) is 13.0. The molecule has 23 heavy (non-hydrogen) atoms. The highest BCUT2D eigenvalue weighted by Crippen LogP contribution is 2.25. The molecule has 0 aliphatic heterocycles. The first kappa shape index (κ1) is 15.2. The van der Waals surface area contributed by atoms with Gasteiger partial charge in [0.05, 0.1) is 22.5 Å². The number of hydrogen-bond donors (Lipinski definition) is 1. The van der Waals surface area contributed by atoms with Crippen LogP contribution >= 0.6 is 0 Å². The third kappa shape index (κ3) is 3.21. The molecule has 0 aliphatic carbocycles. The van der Waals surface area contributed by atoms with E-state index in [1.54, 1.807) is 12.3 Å². The quantitative estimate of drug-likeness (QED) is 0.761. The summed E-state index contributed by atoms with van der Waals surface area (Å²) in [6.07, 6.45) is 4.83. The van der Waals surface area contributed by atoms with Gasteiger partial charge in [-0.1, -0.05) is 25.5 Å². The number of benzene rings is 1. The zero-order chi connectivity index (χ0) is 16.2. The number of aromatic carboxylic acids is 1. The van der Waals surface area contributed by atoms with E-state index < -0.39 is 5.97 Å². The second-order valence-corrected chi connectivity index (χ2v) is 5.53. The van der Waals surface area contributed by atoms with Crippen molar-refractivity contribution < 1.29 is 9.90 Å². The van der Waals surface area contributed by atoms with E-state index in [1.165, 1.54) is 0 Å². The molecule has 3 rings (SSSR count). The monoisotopic (exact) mass is 306 g/mol. The number of nitrogens with zero attached hydrogens (tertiary/aromatic N) is 2. The van der Waals surface area contributed by atoms with Gasteiger partial charge in [0.25, 0.3) is 0 Å². The fourth-order valence-electron chi connectivity index (χ4n) is 2.63. The van der Waals surface area contributed by atoms with E-state index in [-0.39, 0.29) is 5.56 Å². The van der Waals surface area contributed by atoms with Gasteiger partial charge in [-0.2, -0.15) is 0 Å². The Morgan fingerprint density at radius 2 is 2.00 bits per heavy atom. The van der Waals surface area contributed by atoms with Gasteiger partial charge in [0, 0.05) is 11.6 Å².